The molecule has 56 heavy (non-hydrogen) atoms. The number of rotatable bonds is 5. The van der Waals surface area contributed by atoms with Gasteiger partial charge in [-0.05, 0) is 54.6 Å². The molecular formula is C50H31N5O. The van der Waals surface area contributed by atoms with Crippen molar-refractivity contribution in [3.05, 3.63) is 188 Å². The maximum absolute atomic E-state index is 6.46. The molecule has 0 unspecified atom stereocenters. The van der Waals surface area contributed by atoms with Gasteiger partial charge in [0.15, 0.2) is 0 Å². The Morgan fingerprint density at radius 1 is 0.411 bits per heavy atom. The lowest BCUT2D eigenvalue weighted by molar-refractivity contribution is 0.669. The summed E-state index contributed by atoms with van der Waals surface area (Å²) < 4.78 is 13.3. The van der Waals surface area contributed by atoms with Crippen molar-refractivity contribution in [2.45, 2.75) is 0 Å². The van der Waals surface area contributed by atoms with Gasteiger partial charge >= 0.3 is 0 Å². The van der Waals surface area contributed by atoms with Gasteiger partial charge in [0.1, 0.15) is 22.6 Å². The van der Waals surface area contributed by atoms with Gasteiger partial charge in [0, 0.05) is 38.1 Å². The smallest absolute Gasteiger partial charge is 0.137 e. The third-order valence-electron chi connectivity index (χ3n) is 11.2. The van der Waals surface area contributed by atoms with Crippen molar-refractivity contribution < 1.29 is 4.42 Å². The van der Waals surface area contributed by atoms with Gasteiger partial charge < -0.3 is 13.6 Å². The second kappa shape index (κ2) is 11.9. The van der Waals surface area contributed by atoms with Gasteiger partial charge in [0.2, 0.25) is 0 Å². The average molecular weight is 718 g/mol. The number of fused-ring (bicyclic) bond motifs is 10. The summed E-state index contributed by atoms with van der Waals surface area (Å²) in [6.07, 6.45) is 0. The zero-order chi connectivity index (χ0) is 36.7. The molecule has 4 heterocycles. The third-order valence-corrected chi connectivity index (χ3v) is 11.2. The van der Waals surface area contributed by atoms with E-state index in [2.05, 4.69) is 167 Å². The van der Waals surface area contributed by atoms with E-state index >= 15 is 0 Å². The van der Waals surface area contributed by atoms with Gasteiger partial charge in [-0.3, -0.25) is 0 Å². The van der Waals surface area contributed by atoms with Crippen LogP contribution in [-0.2, 0) is 0 Å². The highest BCUT2D eigenvalue weighted by Gasteiger charge is 2.24. The number of para-hydroxylation sites is 5. The Labute approximate surface area is 320 Å². The lowest BCUT2D eigenvalue weighted by Crippen LogP contribution is -2.04. The van der Waals surface area contributed by atoms with Gasteiger partial charge in [-0.15, -0.1) is 5.10 Å². The van der Waals surface area contributed by atoms with Crippen LogP contribution in [0.5, 0.6) is 0 Å². The molecule has 0 bridgehead atoms. The van der Waals surface area contributed by atoms with Crippen LogP contribution in [0.4, 0.5) is 0 Å². The summed E-state index contributed by atoms with van der Waals surface area (Å²) in [7, 11) is 0. The van der Waals surface area contributed by atoms with Crippen LogP contribution in [0.1, 0.15) is 0 Å². The number of nitrogens with zero attached hydrogens (tertiary/aromatic N) is 5. The Bertz CT molecular complexity index is 3480. The zero-order valence-corrected chi connectivity index (χ0v) is 30.0. The molecule has 0 aliphatic heterocycles. The molecule has 6 heteroatoms. The van der Waals surface area contributed by atoms with Gasteiger partial charge in [-0.2, -0.15) is 0 Å². The Morgan fingerprint density at radius 2 is 0.982 bits per heavy atom. The average Bonchev–Trinajstić information content (AvgIpc) is 4.03. The summed E-state index contributed by atoms with van der Waals surface area (Å²) in [4.78, 5) is 0. The largest absolute Gasteiger partial charge is 0.456 e. The monoisotopic (exact) mass is 717 g/mol. The highest BCUT2D eigenvalue weighted by Crippen LogP contribution is 2.43. The topological polar surface area (TPSA) is 53.7 Å². The van der Waals surface area contributed by atoms with Crippen LogP contribution < -0.4 is 0 Å². The quantitative estimate of drug-likeness (QED) is 0.178. The first-order valence-corrected chi connectivity index (χ1v) is 18.9. The number of aromatic nitrogens is 5. The lowest BCUT2D eigenvalue weighted by atomic mass is 10.0. The van der Waals surface area contributed by atoms with E-state index in [1.165, 1.54) is 16.2 Å². The molecule has 8 aromatic carbocycles. The fourth-order valence-electron chi connectivity index (χ4n) is 8.82. The van der Waals surface area contributed by atoms with Crippen molar-refractivity contribution in [2.24, 2.45) is 0 Å². The van der Waals surface area contributed by atoms with Crippen LogP contribution in [0, 0.1) is 0 Å². The summed E-state index contributed by atoms with van der Waals surface area (Å²) in [5, 5.41) is 16.6. The van der Waals surface area contributed by atoms with E-state index in [4.69, 9.17) is 14.7 Å². The molecule has 12 rings (SSSR count). The molecule has 0 N–H and O–H groups in total. The van der Waals surface area contributed by atoms with E-state index in [0.717, 1.165) is 89.0 Å². The number of benzene rings is 8. The zero-order valence-electron chi connectivity index (χ0n) is 30.0. The SMILES string of the molecule is c1ccc(-c2nnn(-c3ccc4c5ccccc5n(-c5ccccc5-n5c6ccccc6c6ccc7oc8ccccc8c7c65)c4c3)c2-c2ccccc2)cc1. The molecule has 0 aliphatic carbocycles. The first-order chi connectivity index (χ1) is 27.8. The van der Waals surface area contributed by atoms with Gasteiger partial charge in [0.25, 0.3) is 0 Å². The summed E-state index contributed by atoms with van der Waals surface area (Å²) in [6.45, 7) is 0. The van der Waals surface area contributed by atoms with Crippen LogP contribution in [0.3, 0.4) is 0 Å². The first-order valence-electron chi connectivity index (χ1n) is 18.9. The second-order valence-electron chi connectivity index (χ2n) is 14.3. The molecule has 12 aromatic rings. The van der Waals surface area contributed by atoms with E-state index in [9.17, 15) is 0 Å². The molecule has 0 spiro atoms. The molecule has 0 aliphatic rings. The Balaban J connectivity index is 1.16. The minimum atomic E-state index is 0.840. The van der Waals surface area contributed by atoms with E-state index in [-0.39, 0.29) is 0 Å². The molecule has 0 saturated heterocycles. The molecule has 4 aromatic heterocycles. The fourth-order valence-corrected chi connectivity index (χ4v) is 8.82. The van der Waals surface area contributed by atoms with Crippen molar-refractivity contribution in [1.29, 1.82) is 0 Å². The van der Waals surface area contributed by atoms with E-state index in [1.807, 2.05) is 35.0 Å². The van der Waals surface area contributed by atoms with Gasteiger partial charge in [0.05, 0.1) is 44.5 Å². The highest BCUT2D eigenvalue weighted by molar-refractivity contribution is 6.24. The predicted molar refractivity (Wildman–Crippen MR) is 228 cm³/mol. The Morgan fingerprint density at radius 3 is 1.75 bits per heavy atom. The lowest BCUT2D eigenvalue weighted by Gasteiger charge is -2.17. The normalized spacial score (nSPS) is 11.9. The van der Waals surface area contributed by atoms with Gasteiger partial charge in [-0.1, -0.05) is 139 Å². The molecule has 0 fully saturated rings. The Kier molecular flexibility index (Phi) is 6.53. The minimum absolute atomic E-state index is 0.840. The van der Waals surface area contributed by atoms with E-state index in [1.54, 1.807) is 0 Å². The summed E-state index contributed by atoms with van der Waals surface area (Å²) in [5.74, 6) is 0. The Hall–Kier alpha value is -7.70. The molecule has 262 valence electrons. The summed E-state index contributed by atoms with van der Waals surface area (Å²) in [5.41, 5.74) is 13.1. The summed E-state index contributed by atoms with van der Waals surface area (Å²) in [6, 6.07) is 66.2. The van der Waals surface area contributed by atoms with Crippen LogP contribution in [-0.4, -0.2) is 24.1 Å². The maximum atomic E-state index is 6.46. The van der Waals surface area contributed by atoms with Crippen molar-refractivity contribution in [3.8, 4) is 39.6 Å². The number of furan rings is 1. The van der Waals surface area contributed by atoms with Crippen molar-refractivity contribution >= 4 is 65.6 Å². The molecular weight excluding hydrogens is 687 g/mol. The minimum Gasteiger partial charge on any atom is -0.456 e. The highest BCUT2D eigenvalue weighted by atomic mass is 16.3. The van der Waals surface area contributed by atoms with Crippen molar-refractivity contribution in [1.82, 2.24) is 24.1 Å². The molecule has 0 amide bonds. The van der Waals surface area contributed by atoms with Gasteiger partial charge in [-0.25, -0.2) is 4.68 Å². The number of hydrogen-bond acceptors (Lipinski definition) is 3. The first kappa shape index (κ1) is 30.7. The fraction of sp³-hybridized carbons (Fsp3) is 0. The van der Waals surface area contributed by atoms with Crippen LogP contribution in [0.2, 0.25) is 0 Å². The molecule has 6 nitrogen and oxygen atoms in total. The van der Waals surface area contributed by atoms with E-state index in [0.29, 0.717) is 0 Å². The predicted octanol–water partition coefficient (Wildman–Crippen LogP) is 12.7. The van der Waals surface area contributed by atoms with Crippen LogP contribution >= 0.6 is 0 Å². The maximum Gasteiger partial charge on any atom is 0.137 e. The third kappa shape index (κ3) is 4.38. The van der Waals surface area contributed by atoms with E-state index < -0.39 is 0 Å². The van der Waals surface area contributed by atoms with Crippen molar-refractivity contribution in [2.75, 3.05) is 0 Å². The molecule has 0 radical (unpaired) electrons. The van der Waals surface area contributed by atoms with Crippen molar-refractivity contribution in [3.63, 3.8) is 0 Å². The second-order valence-corrected chi connectivity index (χ2v) is 14.3. The van der Waals surface area contributed by atoms with Crippen LogP contribution in [0.15, 0.2) is 192 Å². The summed E-state index contributed by atoms with van der Waals surface area (Å²) >= 11 is 0. The molecule has 0 saturated carbocycles. The number of hydrogen-bond donors (Lipinski definition) is 0. The van der Waals surface area contributed by atoms with Crippen LogP contribution in [0.25, 0.3) is 105 Å². The standard InChI is InChI=1S/C50H31N5O/c1-3-15-32(16-4-1)48-49(33-17-5-2-6-18-33)55(52-51-48)34-27-28-37-35-19-7-10-22-40(35)53(44(37)31-34)42-24-12-13-25-43(42)54-41-23-11-8-20-36(41)38-29-30-46-47(50(38)54)39-21-9-14-26-45(39)56-46/h1-31H. The molecule has 0 atom stereocenters.